The van der Waals surface area contributed by atoms with Gasteiger partial charge in [-0.05, 0) is 29.8 Å². The highest BCUT2D eigenvalue weighted by molar-refractivity contribution is 6.36. The highest BCUT2D eigenvalue weighted by Crippen LogP contribution is 2.33. The molecule has 19 heavy (non-hydrogen) atoms. The molecule has 0 spiro atoms. The molecule has 1 nitrogen and oxygen atoms in total. The van der Waals surface area contributed by atoms with Crippen LogP contribution >= 0.6 is 23.2 Å². The Kier molecular flexibility index (Phi) is 3.92. The first-order valence-electron chi connectivity index (χ1n) is 5.16. The second-order valence-electron chi connectivity index (χ2n) is 3.70. The number of benzene rings is 2. The topological polar surface area (TPSA) is 9.23 Å². The zero-order valence-corrected chi connectivity index (χ0v) is 10.9. The maximum atomic E-state index is 12.1. The Balaban J connectivity index is 2.38. The van der Waals surface area contributed by atoms with Gasteiger partial charge in [0.25, 0.3) is 0 Å². The van der Waals surface area contributed by atoms with E-state index in [9.17, 15) is 13.2 Å². The average molecular weight is 307 g/mol. The molecule has 0 saturated carbocycles. The van der Waals surface area contributed by atoms with Crippen molar-refractivity contribution >= 4 is 23.2 Å². The lowest BCUT2D eigenvalue weighted by molar-refractivity contribution is -0.274. The maximum absolute atomic E-state index is 12.1. The Morgan fingerprint density at radius 2 is 1.68 bits per heavy atom. The van der Waals surface area contributed by atoms with E-state index in [0.717, 1.165) is 0 Å². The molecule has 0 aliphatic heterocycles. The summed E-state index contributed by atoms with van der Waals surface area (Å²) in [6, 6.07) is 10.4. The SMILES string of the molecule is FC(F)(F)Oc1cccc(-c2ccc(Cl)cc2Cl)c1. The Morgan fingerprint density at radius 3 is 2.32 bits per heavy atom. The smallest absolute Gasteiger partial charge is 0.406 e. The Morgan fingerprint density at radius 1 is 0.947 bits per heavy atom. The van der Waals surface area contributed by atoms with Crippen molar-refractivity contribution in [3.63, 3.8) is 0 Å². The van der Waals surface area contributed by atoms with E-state index >= 15 is 0 Å². The van der Waals surface area contributed by atoms with E-state index in [1.165, 1.54) is 24.3 Å². The molecule has 0 N–H and O–H groups in total. The van der Waals surface area contributed by atoms with Crippen LogP contribution in [0, 0.1) is 0 Å². The summed E-state index contributed by atoms with van der Waals surface area (Å²) in [7, 11) is 0. The summed E-state index contributed by atoms with van der Waals surface area (Å²) in [5.74, 6) is -0.295. The first-order valence-corrected chi connectivity index (χ1v) is 5.92. The van der Waals surface area contributed by atoms with Gasteiger partial charge in [-0.3, -0.25) is 0 Å². The van der Waals surface area contributed by atoms with Crippen molar-refractivity contribution in [3.05, 3.63) is 52.5 Å². The van der Waals surface area contributed by atoms with E-state index < -0.39 is 6.36 Å². The largest absolute Gasteiger partial charge is 0.573 e. The molecular formula is C13H7Cl2F3O. The third-order valence-corrected chi connectivity index (χ3v) is 2.86. The summed E-state index contributed by atoms with van der Waals surface area (Å²) in [6.07, 6.45) is -4.72. The fourth-order valence-electron chi connectivity index (χ4n) is 1.58. The number of halogens is 5. The first kappa shape index (κ1) is 14.0. The van der Waals surface area contributed by atoms with Gasteiger partial charge < -0.3 is 4.74 Å². The molecule has 0 heterocycles. The van der Waals surface area contributed by atoms with Crippen LogP contribution in [0.25, 0.3) is 11.1 Å². The Labute approximate surface area is 117 Å². The van der Waals surface area contributed by atoms with Crippen molar-refractivity contribution in [2.24, 2.45) is 0 Å². The fraction of sp³-hybridized carbons (Fsp3) is 0.0769. The minimum absolute atomic E-state index is 0.295. The van der Waals surface area contributed by atoms with Crippen LogP contribution in [0.3, 0.4) is 0 Å². The van der Waals surface area contributed by atoms with Crippen LogP contribution in [0.2, 0.25) is 10.0 Å². The molecule has 0 atom stereocenters. The van der Waals surface area contributed by atoms with Crippen LogP contribution in [-0.2, 0) is 0 Å². The van der Waals surface area contributed by atoms with Gasteiger partial charge in [-0.15, -0.1) is 13.2 Å². The second kappa shape index (κ2) is 5.31. The lowest BCUT2D eigenvalue weighted by atomic mass is 10.1. The highest BCUT2D eigenvalue weighted by atomic mass is 35.5. The molecule has 0 amide bonds. The predicted octanol–water partition coefficient (Wildman–Crippen LogP) is 5.56. The molecule has 100 valence electrons. The van der Waals surface area contributed by atoms with Crippen LogP contribution in [0.4, 0.5) is 13.2 Å². The summed E-state index contributed by atoms with van der Waals surface area (Å²) in [5.41, 5.74) is 1.10. The lowest BCUT2D eigenvalue weighted by Gasteiger charge is -2.11. The third-order valence-electron chi connectivity index (χ3n) is 2.31. The third kappa shape index (κ3) is 3.78. The molecule has 0 bridgehead atoms. The average Bonchev–Trinajstić information content (AvgIpc) is 2.26. The maximum Gasteiger partial charge on any atom is 0.573 e. The van der Waals surface area contributed by atoms with E-state index in [1.807, 2.05) is 0 Å². The first-order chi connectivity index (χ1) is 8.85. The summed E-state index contributed by atoms with van der Waals surface area (Å²) >= 11 is 11.8. The molecule has 2 rings (SSSR count). The second-order valence-corrected chi connectivity index (χ2v) is 4.54. The van der Waals surface area contributed by atoms with Crippen molar-refractivity contribution in [1.29, 1.82) is 0 Å². The molecule has 6 heteroatoms. The van der Waals surface area contributed by atoms with Crippen LogP contribution in [-0.4, -0.2) is 6.36 Å². The normalized spacial score (nSPS) is 11.4. The van der Waals surface area contributed by atoms with Crippen LogP contribution in [0.5, 0.6) is 5.75 Å². The number of hydrogen-bond acceptors (Lipinski definition) is 1. The van der Waals surface area contributed by atoms with E-state index in [-0.39, 0.29) is 5.75 Å². The zero-order valence-electron chi connectivity index (χ0n) is 9.34. The molecule has 0 saturated heterocycles. The lowest BCUT2D eigenvalue weighted by Crippen LogP contribution is -2.17. The molecule has 0 fully saturated rings. The van der Waals surface area contributed by atoms with Crippen molar-refractivity contribution in [2.45, 2.75) is 6.36 Å². The summed E-state index contributed by atoms with van der Waals surface area (Å²) in [4.78, 5) is 0. The van der Waals surface area contributed by atoms with Gasteiger partial charge in [0, 0.05) is 15.6 Å². The molecule has 0 aromatic heterocycles. The molecule has 0 aliphatic carbocycles. The van der Waals surface area contributed by atoms with Gasteiger partial charge >= 0.3 is 6.36 Å². The van der Waals surface area contributed by atoms with Gasteiger partial charge in [-0.2, -0.15) is 0 Å². The monoisotopic (exact) mass is 306 g/mol. The molecular weight excluding hydrogens is 300 g/mol. The van der Waals surface area contributed by atoms with Gasteiger partial charge in [0.05, 0.1) is 0 Å². The number of rotatable bonds is 2. The molecule has 0 aliphatic rings. The van der Waals surface area contributed by atoms with E-state index in [4.69, 9.17) is 23.2 Å². The Bertz CT molecular complexity index is 597. The Hall–Kier alpha value is -1.39. The molecule has 2 aromatic carbocycles. The summed E-state index contributed by atoms with van der Waals surface area (Å²) in [6.45, 7) is 0. The van der Waals surface area contributed by atoms with Gasteiger partial charge in [-0.25, -0.2) is 0 Å². The molecule has 0 radical (unpaired) electrons. The fourth-order valence-corrected chi connectivity index (χ4v) is 2.10. The van der Waals surface area contributed by atoms with Gasteiger partial charge in [0.15, 0.2) is 0 Å². The molecule has 2 aromatic rings. The van der Waals surface area contributed by atoms with Crippen LogP contribution < -0.4 is 4.74 Å². The van der Waals surface area contributed by atoms with Crippen molar-refractivity contribution in [1.82, 2.24) is 0 Å². The van der Waals surface area contributed by atoms with Gasteiger partial charge in [-0.1, -0.05) is 41.4 Å². The summed E-state index contributed by atoms with van der Waals surface area (Å²) < 4.78 is 40.3. The molecule has 0 unspecified atom stereocenters. The zero-order chi connectivity index (χ0) is 14.0. The summed E-state index contributed by atoms with van der Waals surface area (Å²) in [5, 5.41) is 0.813. The minimum atomic E-state index is -4.72. The minimum Gasteiger partial charge on any atom is -0.406 e. The van der Waals surface area contributed by atoms with Crippen molar-refractivity contribution < 1.29 is 17.9 Å². The number of ether oxygens (including phenoxy) is 1. The van der Waals surface area contributed by atoms with Crippen LogP contribution in [0.15, 0.2) is 42.5 Å². The van der Waals surface area contributed by atoms with Crippen molar-refractivity contribution in [3.8, 4) is 16.9 Å². The van der Waals surface area contributed by atoms with Crippen molar-refractivity contribution in [2.75, 3.05) is 0 Å². The van der Waals surface area contributed by atoms with Gasteiger partial charge in [0.2, 0.25) is 0 Å². The van der Waals surface area contributed by atoms with Crippen LogP contribution in [0.1, 0.15) is 0 Å². The quantitative estimate of drug-likeness (QED) is 0.706. The van der Waals surface area contributed by atoms with E-state index in [1.54, 1.807) is 18.2 Å². The van der Waals surface area contributed by atoms with E-state index in [0.29, 0.717) is 21.2 Å². The number of alkyl halides is 3. The predicted molar refractivity (Wildman–Crippen MR) is 68.6 cm³/mol. The highest BCUT2D eigenvalue weighted by Gasteiger charge is 2.31. The number of hydrogen-bond donors (Lipinski definition) is 0. The standard InChI is InChI=1S/C13H7Cl2F3O/c14-9-4-5-11(12(15)7-9)8-2-1-3-10(6-8)19-13(16,17)18/h1-7H. The van der Waals surface area contributed by atoms with E-state index in [2.05, 4.69) is 4.74 Å². The van der Waals surface area contributed by atoms with Gasteiger partial charge in [0.1, 0.15) is 5.75 Å².